The minimum absolute atomic E-state index is 0.796. The number of nitrogens with zero attached hydrogens (tertiary/aromatic N) is 1. The standard InChI is InChI=1S/C13H25N/c1-14(2)12-6-10-13(11-7-12)8-4-3-5-9-13/h12H,3-11H2,1-2H3. The van der Waals surface area contributed by atoms with Crippen molar-refractivity contribution in [3.8, 4) is 0 Å². The summed E-state index contributed by atoms with van der Waals surface area (Å²) >= 11 is 0. The zero-order chi connectivity index (χ0) is 10.0. The summed E-state index contributed by atoms with van der Waals surface area (Å²) in [6.07, 6.45) is 13.5. The first-order valence-corrected chi connectivity index (χ1v) is 6.38. The molecule has 14 heavy (non-hydrogen) atoms. The van der Waals surface area contributed by atoms with Crippen molar-refractivity contribution >= 4 is 0 Å². The molecule has 2 rings (SSSR count). The molecule has 0 aromatic carbocycles. The molecular formula is C13H25N. The van der Waals surface area contributed by atoms with Crippen LogP contribution < -0.4 is 0 Å². The Morgan fingerprint density at radius 1 is 0.857 bits per heavy atom. The number of hydrogen-bond acceptors (Lipinski definition) is 1. The van der Waals surface area contributed by atoms with Crippen molar-refractivity contribution in [1.29, 1.82) is 0 Å². The summed E-state index contributed by atoms with van der Waals surface area (Å²) in [4.78, 5) is 2.43. The molecule has 0 N–H and O–H groups in total. The minimum Gasteiger partial charge on any atom is -0.306 e. The summed E-state index contributed by atoms with van der Waals surface area (Å²) in [5.74, 6) is 0. The van der Waals surface area contributed by atoms with Crippen LogP contribution in [0.3, 0.4) is 0 Å². The smallest absolute Gasteiger partial charge is 0.00895 e. The topological polar surface area (TPSA) is 3.24 Å². The van der Waals surface area contributed by atoms with Gasteiger partial charge in [-0.05, 0) is 58.0 Å². The Morgan fingerprint density at radius 3 is 1.93 bits per heavy atom. The second-order valence-corrected chi connectivity index (χ2v) is 5.76. The molecule has 0 atom stereocenters. The number of hydrogen-bond donors (Lipinski definition) is 0. The van der Waals surface area contributed by atoms with Crippen molar-refractivity contribution in [2.45, 2.75) is 63.8 Å². The summed E-state index contributed by atoms with van der Waals surface area (Å²) in [6.45, 7) is 0. The third-order valence-corrected chi connectivity index (χ3v) is 4.66. The summed E-state index contributed by atoms with van der Waals surface area (Å²) in [5, 5.41) is 0. The fraction of sp³-hybridized carbons (Fsp3) is 1.00. The van der Waals surface area contributed by atoms with E-state index in [0.717, 1.165) is 11.5 Å². The molecule has 2 aliphatic carbocycles. The molecule has 1 spiro atoms. The van der Waals surface area contributed by atoms with E-state index in [4.69, 9.17) is 0 Å². The molecule has 0 aromatic heterocycles. The molecule has 82 valence electrons. The first-order valence-electron chi connectivity index (χ1n) is 6.38. The highest BCUT2D eigenvalue weighted by molar-refractivity contribution is 4.89. The van der Waals surface area contributed by atoms with Crippen molar-refractivity contribution in [2.24, 2.45) is 5.41 Å². The average molecular weight is 195 g/mol. The average Bonchev–Trinajstić information content (AvgIpc) is 2.19. The molecular weight excluding hydrogens is 170 g/mol. The van der Waals surface area contributed by atoms with E-state index in [-0.39, 0.29) is 0 Å². The predicted molar refractivity (Wildman–Crippen MR) is 61.5 cm³/mol. The van der Waals surface area contributed by atoms with Crippen LogP contribution in [0.5, 0.6) is 0 Å². The Balaban J connectivity index is 1.87. The van der Waals surface area contributed by atoms with Gasteiger partial charge in [0.1, 0.15) is 0 Å². The molecule has 2 fully saturated rings. The van der Waals surface area contributed by atoms with Crippen LogP contribution in [-0.4, -0.2) is 25.0 Å². The van der Waals surface area contributed by atoms with Gasteiger partial charge in [0.2, 0.25) is 0 Å². The van der Waals surface area contributed by atoms with Crippen LogP contribution in [0.15, 0.2) is 0 Å². The predicted octanol–water partition coefficient (Wildman–Crippen LogP) is 3.44. The van der Waals surface area contributed by atoms with E-state index in [1.807, 2.05) is 0 Å². The van der Waals surface area contributed by atoms with E-state index in [0.29, 0.717) is 0 Å². The summed E-state index contributed by atoms with van der Waals surface area (Å²) < 4.78 is 0. The van der Waals surface area contributed by atoms with Gasteiger partial charge >= 0.3 is 0 Å². The van der Waals surface area contributed by atoms with Crippen molar-refractivity contribution in [3.05, 3.63) is 0 Å². The maximum atomic E-state index is 2.43. The largest absolute Gasteiger partial charge is 0.306 e. The lowest BCUT2D eigenvalue weighted by Gasteiger charge is -2.44. The lowest BCUT2D eigenvalue weighted by atomic mass is 9.64. The summed E-state index contributed by atoms with van der Waals surface area (Å²) in [6, 6.07) is 0.877. The monoisotopic (exact) mass is 195 g/mol. The van der Waals surface area contributed by atoms with Gasteiger partial charge in [-0.3, -0.25) is 0 Å². The fourth-order valence-electron chi connectivity index (χ4n) is 3.53. The first kappa shape index (κ1) is 10.5. The van der Waals surface area contributed by atoms with Gasteiger partial charge in [-0.1, -0.05) is 19.3 Å². The molecule has 2 aliphatic rings. The molecule has 0 heterocycles. The molecule has 0 amide bonds. The Morgan fingerprint density at radius 2 is 1.43 bits per heavy atom. The normalized spacial score (nSPS) is 28.5. The molecule has 0 bridgehead atoms. The highest BCUT2D eigenvalue weighted by Gasteiger charge is 2.36. The second kappa shape index (κ2) is 4.22. The third kappa shape index (κ3) is 2.13. The molecule has 1 heteroatoms. The Bertz CT molecular complexity index is 170. The molecule has 2 saturated carbocycles. The second-order valence-electron chi connectivity index (χ2n) is 5.76. The van der Waals surface area contributed by atoms with Crippen LogP contribution in [0, 0.1) is 5.41 Å². The van der Waals surface area contributed by atoms with E-state index in [9.17, 15) is 0 Å². The lowest BCUT2D eigenvalue weighted by Crippen LogP contribution is -2.37. The van der Waals surface area contributed by atoms with Crippen LogP contribution >= 0.6 is 0 Å². The molecule has 0 radical (unpaired) electrons. The van der Waals surface area contributed by atoms with Crippen LogP contribution in [0.25, 0.3) is 0 Å². The maximum absolute atomic E-state index is 2.43. The van der Waals surface area contributed by atoms with Gasteiger partial charge in [-0.25, -0.2) is 0 Å². The molecule has 0 saturated heterocycles. The van der Waals surface area contributed by atoms with Crippen LogP contribution in [-0.2, 0) is 0 Å². The van der Waals surface area contributed by atoms with E-state index >= 15 is 0 Å². The quantitative estimate of drug-likeness (QED) is 0.619. The highest BCUT2D eigenvalue weighted by atomic mass is 15.1. The minimum atomic E-state index is 0.796. The highest BCUT2D eigenvalue weighted by Crippen LogP contribution is 2.47. The Hall–Kier alpha value is -0.0400. The van der Waals surface area contributed by atoms with Crippen molar-refractivity contribution in [1.82, 2.24) is 4.90 Å². The first-order chi connectivity index (χ1) is 6.72. The zero-order valence-corrected chi connectivity index (χ0v) is 9.89. The van der Waals surface area contributed by atoms with Gasteiger partial charge in [0, 0.05) is 6.04 Å². The van der Waals surface area contributed by atoms with Crippen molar-refractivity contribution in [2.75, 3.05) is 14.1 Å². The maximum Gasteiger partial charge on any atom is 0.00895 e. The molecule has 0 unspecified atom stereocenters. The molecule has 0 aromatic rings. The number of rotatable bonds is 1. The van der Waals surface area contributed by atoms with Gasteiger partial charge in [-0.15, -0.1) is 0 Å². The van der Waals surface area contributed by atoms with Gasteiger partial charge in [0.15, 0.2) is 0 Å². The molecule has 0 aliphatic heterocycles. The Kier molecular flexibility index (Phi) is 3.16. The SMILES string of the molecule is CN(C)C1CCC2(CCCCC2)CC1. The van der Waals surface area contributed by atoms with E-state index in [2.05, 4.69) is 19.0 Å². The van der Waals surface area contributed by atoms with E-state index in [1.54, 1.807) is 0 Å². The van der Waals surface area contributed by atoms with Crippen LogP contribution in [0.1, 0.15) is 57.8 Å². The van der Waals surface area contributed by atoms with Crippen LogP contribution in [0.4, 0.5) is 0 Å². The van der Waals surface area contributed by atoms with Gasteiger partial charge in [0.05, 0.1) is 0 Å². The zero-order valence-electron chi connectivity index (χ0n) is 9.89. The third-order valence-electron chi connectivity index (χ3n) is 4.66. The van der Waals surface area contributed by atoms with Crippen LogP contribution in [0.2, 0.25) is 0 Å². The van der Waals surface area contributed by atoms with Gasteiger partial charge in [-0.2, -0.15) is 0 Å². The summed E-state index contributed by atoms with van der Waals surface area (Å²) in [5.41, 5.74) is 0.796. The van der Waals surface area contributed by atoms with E-state index in [1.165, 1.54) is 57.8 Å². The van der Waals surface area contributed by atoms with Gasteiger partial charge in [0.25, 0.3) is 0 Å². The lowest BCUT2D eigenvalue weighted by molar-refractivity contribution is 0.0795. The fourth-order valence-corrected chi connectivity index (χ4v) is 3.53. The molecule has 1 nitrogen and oxygen atoms in total. The van der Waals surface area contributed by atoms with E-state index < -0.39 is 0 Å². The van der Waals surface area contributed by atoms with Crippen molar-refractivity contribution in [3.63, 3.8) is 0 Å². The summed E-state index contributed by atoms with van der Waals surface area (Å²) in [7, 11) is 4.48. The van der Waals surface area contributed by atoms with Crippen molar-refractivity contribution < 1.29 is 0 Å². The van der Waals surface area contributed by atoms with Gasteiger partial charge < -0.3 is 4.90 Å². The Labute approximate surface area is 88.9 Å².